The molecule has 2 saturated heterocycles. The van der Waals surface area contributed by atoms with Gasteiger partial charge in [0.15, 0.2) is 0 Å². The summed E-state index contributed by atoms with van der Waals surface area (Å²) in [6.07, 6.45) is 21.4. The van der Waals surface area contributed by atoms with E-state index in [9.17, 15) is 19.2 Å². The van der Waals surface area contributed by atoms with Crippen LogP contribution >= 0.6 is 0 Å². The number of nitrogens with two attached hydrogens (primary N) is 1. The molecular formula is C68H90N2O8. The summed E-state index contributed by atoms with van der Waals surface area (Å²) in [6, 6.07) is 46.3. The van der Waals surface area contributed by atoms with Crippen molar-refractivity contribution in [1.29, 1.82) is 0 Å². The number of furan rings is 2. The number of hydrogen-bond acceptors (Lipinski definition) is 8. The van der Waals surface area contributed by atoms with Crippen LogP contribution in [0.1, 0.15) is 201 Å². The van der Waals surface area contributed by atoms with Crippen LogP contribution in [0.3, 0.4) is 0 Å². The molecule has 0 aliphatic carbocycles. The van der Waals surface area contributed by atoms with E-state index in [-0.39, 0.29) is 58.3 Å². The highest BCUT2D eigenvalue weighted by atomic mass is 16.6. The van der Waals surface area contributed by atoms with Crippen molar-refractivity contribution < 1.29 is 38.2 Å². The summed E-state index contributed by atoms with van der Waals surface area (Å²) >= 11 is 0. The van der Waals surface area contributed by atoms with Crippen molar-refractivity contribution in [2.45, 2.75) is 181 Å². The van der Waals surface area contributed by atoms with Gasteiger partial charge in [0.25, 0.3) is 0 Å². The van der Waals surface area contributed by atoms with Crippen molar-refractivity contribution in [1.82, 2.24) is 4.90 Å². The first-order valence-electron chi connectivity index (χ1n) is 28.8. The van der Waals surface area contributed by atoms with Gasteiger partial charge in [-0.2, -0.15) is 0 Å². The number of ether oxygens (including phenoxy) is 1. The van der Waals surface area contributed by atoms with Crippen LogP contribution in [0.25, 0.3) is 0 Å². The monoisotopic (exact) mass is 1060 g/mol. The third-order valence-corrected chi connectivity index (χ3v) is 17.5. The fourth-order valence-electron chi connectivity index (χ4n) is 12.0. The van der Waals surface area contributed by atoms with Gasteiger partial charge in [0.1, 0.15) is 0 Å². The predicted molar refractivity (Wildman–Crippen MR) is 312 cm³/mol. The second-order valence-corrected chi connectivity index (χ2v) is 22.3. The fraction of sp³-hybridized carbons (Fsp3) is 0.471. The van der Waals surface area contributed by atoms with Gasteiger partial charge < -0.3 is 24.8 Å². The number of amides is 2. The zero-order valence-electron chi connectivity index (χ0n) is 47.6. The molecule has 8 unspecified atom stereocenters. The molecule has 8 atom stereocenters. The van der Waals surface area contributed by atoms with Gasteiger partial charge in [0.05, 0.1) is 49.9 Å². The number of rotatable bonds is 27. The lowest BCUT2D eigenvalue weighted by Crippen LogP contribution is -2.37. The van der Waals surface area contributed by atoms with Gasteiger partial charge in [-0.25, -0.2) is 0 Å². The highest BCUT2D eigenvalue weighted by Gasteiger charge is 2.50. The van der Waals surface area contributed by atoms with Gasteiger partial charge in [-0.05, 0) is 133 Å². The van der Waals surface area contributed by atoms with Crippen molar-refractivity contribution in [3.05, 3.63) is 192 Å². The summed E-state index contributed by atoms with van der Waals surface area (Å²) in [6.45, 7) is 14.4. The first kappa shape index (κ1) is 62.5. The molecule has 2 fully saturated rings. The lowest BCUT2D eigenvalue weighted by atomic mass is 9.65. The third-order valence-electron chi connectivity index (χ3n) is 17.5. The Kier molecular flexibility index (Phi) is 25.5. The summed E-state index contributed by atoms with van der Waals surface area (Å²) in [5.41, 5.74) is 12.2. The largest absolute Gasteiger partial charge is 0.472 e. The highest BCUT2D eigenvalue weighted by Crippen LogP contribution is 2.50. The molecule has 2 amide bonds. The summed E-state index contributed by atoms with van der Waals surface area (Å²) in [5, 5.41) is 0. The number of nitrogens with zero attached hydrogens (tertiary/aromatic N) is 1. The number of carbonyl (C=O) groups is 4. The molecule has 10 nitrogen and oxygen atoms in total. The molecule has 420 valence electrons. The molecule has 4 aromatic carbocycles. The Morgan fingerprint density at radius 1 is 0.513 bits per heavy atom. The van der Waals surface area contributed by atoms with Crippen LogP contribution in [0.5, 0.6) is 0 Å². The average Bonchev–Trinajstić information content (AvgIpc) is 4.35. The van der Waals surface area contributed by atoms with Gasteiger partial charge in [-0.3, -0.25) is 24.1 Å². The molecule has 2 aliphatic rings. The van der Waals surface area contributed by atoms with E-state index in [1.54, 1.807) is 25.1 Å². The van der Waals surface area contributed by atoms with Gasteiger partial charge in [-0.15, -0.1) is 0 Å². The molecule has 0 radical (unpaired) electrons. The van der Waals surface area contributed by atoms with E-state index in [1.807, 2.05) is 18.2 Å². The van der Waals surface area contributed by atoms with Crippen LogP contribution in [0.15, 0.2) is 167 Å². The average molecular weight is 1060 g/mol. The zero-order chi connectivity index (χ0) is 55.0. The maximum absolute atomic E-state index is 13.8. The van der Waals surface area contributed by atoms with Gasteiger partial charge in [0, 0.05) is 24.1 Å². The minimum atomic E-state index is -0.355. The van der Waals surface area contributed by atoms with Crippen molar-refractivity contribution in [2.75, 3.05) is 0 Å². The lowest BCUT2D eigenvalue weighted by Gasteiger charge is -2.38. The number of cyclic esters (lactones) is 2. The van der Waals surface area contributed by atoms with E-state index in [0.717, 1.165) is 101 Å². The number of carbonyl (C=O) groups excluding carboxylic acids is 4. The van der Waals surface area contributed by atoms with E-state index in [2.05, 4.69) is 157 Å². The first-order chi connectivity index (χ1) is 37.3. The standard InChI is InChI=1S/C34H43NO3.C29H38O3.C5H7NO.H2O/c1-4-34(21-18-27(3)30-16-9-6-10-17-30,20-12-11-13-26(2)29-14-7-5-8-15-29)31-23-32(36)35(33(31)37)24-28-19-22-38-25-28;1-4-29(26-21-27(30)32-28(26)31,20-18-23(3)25-16-9-6-10-17-25)19-12-11-13-22(2)24-14-7-5-8-15-24;6-3-5-1-2-7-4-5;/h5-10,14-17,19,22,25-27,31H,4,11-13,18,20-21,23-24H2,1-3H3;5-10,14-17,22-23,26H,4,11-13,18-21H2,1-3H3;1-2,4H,3,6H2;1H2. The first-order valence-corrected chi connectivity index (χ1v) is 28.8. The number of hydrogen-bond donors (Lipinski definition) is 1. The number of likely N-dealkylation sites (tertiary alicyclic amines) is 1. The second-order valence-electron chi connectivity index (χ2n) is 22.3. The molecule has 4 N–H and O–H groups in total. The normalized spacial score (nSPS) is 18.2. The number of esters is 2. The number of benzene rings is 4. The summed E-state index contributed by atoms with van der Waals surface area (Å²) in [4.78, 5) is 52.8. The minimum Gasteiger partial charge on any atom is -0.472 e. The third kappa shape index (κ3) is 17.8. The molecule has 0 saturated carbocycles. The fourth-order valence-corrected chi connectivity index (χ4v) is 12.0. The summed E-state index contributed by atoms with van der Waals surface area (Å²) in [7, 11) is 0. The molecule has 0 bridgehead atoms. The molecule has 2 aromatic heterocycles. The van der Waals surface area contributed by atoms with Gasteiger partial charge in [-0.1, -0.05) is 189 Å². The SMILES string of the molecule is CCC(CCCCC(C)c1ccccc1)(CCC(C)c1ccccc1)C1CC(=O)N(Cc2ccoc2)C1=O.CCC(CCCCC(C)c1ccccc1)(CCC(C)c1ccccc1)C1CC(=O)OC1=O.NCc1ccoc1.O. The Bertz CT molecular complexity index is 2620. The van der Waals surface area contributed by atoms with Gasteiger partial charge in [0.2, 0.25) is 11.8 Å². The molecule has 10 heteroatoms. The van der Waals surface area contributed by atoms with Crippen molar-refractivity contribution in [3.63, 3.8) is 0 Å². The predicted octanol–water partition coefficient (Wildman–Crippen LogP) is 15.8. The number of unbranched alkanes of at least 4 members (excludes halogenated alkanes) is 2. The lowest BCUT2D eigenvalue weighted by molar-refractivity contribution is -0.155. The quantitative estimate of drug-likeness (QED) is 0.0230. The summed E-state index contributed by atoms with van der Waals surface area (Å²) < 4.78 is 14.9. The van der Waals surface area contributed by atoms with Crippen molar-refractivity contribution in [2.24, 2.45) is 28.4 Å². The van der Waals surface area contributed by atoms with Crippen LogP contribution in [-0.4, -0.2) is 34.1 Å². The minimum absolute atomic E-state index is 0. The molecule has 4 heterocycles. The van der Waals surface area contributed by atoms with E-state index < -0.39 is 0 Å². The van der Waals surface area contributed by atoms with E-state index >= 15 is 0 Å². The highest BCUT2D eigenvalue weighted by molar-refractivity contribution is 6.04. The molecule has 78 heavy (non-hydrogen) atoms. The molecular weight excluding hydrogens is 973 g/mol. The molecule has 2 aliphatic heterocycles. The topological polar surface area (TPSA) is 165 Å². The Labute approximate surface area is 466 Å². The second kappa shape index (κ2) is 31.9. The Morgan fingerprint density at radius 2 is 0.910 bits per heavy atom. The smallest absolute Gasteiger partial charge is 0.317 e. The van der Waals surface area contributed by atoms with Crippen LogP contribution in [0.4, 0.5) is 0 Å². The zero-order valence-corrected chi connectivity index (χ0v) is 47.6. The maximum Gasteiger partial charge on any atom is 0.317 e. The Morgan fingerprint density at radius 3 is 1.26 bits per heavy atom. The van der Waals surface area contributed by atoms with Crippen LogP contribution < -0.4 is 5.73 Å². The Balaban J connectivity index is 0.000000255. The van der Waals surface area contributed by atoms with Gasteiger partial charge >= 0.3 is 11.9 Å². The van der Waals surface area contributed by atoms with E-state index in [0.29, 0.717) is 43.2 Å². The van der Waals surface area contributed by atoms with E-state index in [4.69, 9.17) is 19.3 Å². The molecule has 8 rings (SSSR count). The van der Waals surface area contributed by atoms with E-state index in [1.165, 1.54) is 27.2 Å². The molecule has 0 spiro atoms. The van der Waals surface area contributed by atoms with Crippen LogP contribution in [0, 0.1) is 22.7 Å². The van der Waals surface area contributed by atoms with Crippen LogP contribution in [-0.2, 0) is 37.0 Å². The number of imide groups is 1. The van der Waals surface area contributed by atoms with Crippen LogP contribution in [0.2, 0.25) is 0 Å². The maximum atomic E-state index is 13.8. The van der Waals surface area contributed by atoms with Crippen molar-refractivity contribution in [3.8, 4) is 0 Å². The molecule has 6 aromatic rings. The Hall–Kier alpha value is -6.36. The van der Waals surface area contributed by atoms with Crippen molar-refractivity contribution >= 4 is 23.8 Å². The summed E-state index contributed by atoms with van der Waals surface area (Å²) in [5.74, 6) is 0.636.